The fourth-order valence-electron chi connectivity index (χ4n) is 3.12. The molecule has 0 unspecified atom stereocenters. The molecule has 2 amide bonds. The Morgan fingerprint density at radius 1 is 1.29 bits per heavy atom. The molecule has 0 saturated heterocycles. The summed E-state index contributed by atoms with van der Waals surface area (Å²) in [5.74, 6) is 0.502. The highest BCUT2D eigenvalue weighted by Gasteiger charge is 2.38. The highest BCUT2D eigenvalue weighted by atomic mass is 16.2. The van der Waals surface area contributed by atoms with E-state index in [-0.39, 0.29) is 11.4 Å². The molecule has 1 fully saturated rings. The van der Waals surface area contributed by atoms with E-state index < -0.39 is 0 Å². The van der Waals surface area contributed by atoms with E-state index in [1.54, 1.807) is 0 Å². The minimum Gasteiger partial charge on any atom is -0.337 e. The van der Waals surface area contributed by atoms with Crippen molar-refractivity contribution < 1.29 is 4.79 Å². The summed E-state index contributed by atoms with van der Waals surface area (Å²) in [6.07, 6.45) is 3.61. The number of carbonyl (C=O) groups excluding carboxylic acids is 1. The summed E-state index contributed by atoms with van der Waals surface area (Å²) in [7, 11) is 0. The number of nitrogens with one attached hydrogen (secondary N) is 1. The zero-order valence-corrected chi connectivity index (χ0v) is 13.6. The minimum atomic E-state index is 0.0772. The molecule has 21 heavy (non-hydrogen) atoms. The molecule has 1 saturated carbocycles. The van der Waals surface area contributed by atoms with Crippen molar-refractivity contribution in [3.8, 4) is 0 Å². The minimum absolute atomic E-state index is 0.0772. The van der Waals surface area contributed by atoms with Crippen LogP contribution in [0.4, 0.5) is 4.79 Å². The van der Waals surface area contributed by atoms with Crippen LogP contribution in [0.5, 0.6) is 0 Å². The van der Waals surface area contributed by atoms with Gasteiger partial charge in [-0.3, -0.25) is 0 Å². The number of carbonyl (C=O) groups is 1. The zero-order chi connectivity index (χ0) is 15.3. The molecule has 1 aromatic rings. The van der Waals surface area contributed by atoms with Gasteiger partial charge in [0.05, 0.1) is 0 Å². The SMILES string of the molecule is CCN(CC(C)C)C(=O)NCC1(c2ccccc2)CCC1. The van der Waals surface area contributed by atoms with Crippen LogP contribution in [-0.2, 0) is 5.41 Å². The Morgan fingerprint density at radius 2 is 1.95 bits per heavy atom. The lowest BCUT2D eigenvalue weighted by atomic mass is 9.64. The average Bonchev–Trinajstić information content (AvgIpc) is 2.44. The summed E-state index contributed by atoms with van der Waals surface area (Å²) in [6.45, 7) is 8.67. The Hall–Kier alpha value is -1.51. The number of amides is 2. The van der Waals surface area contributed by atoms with Gasteiger partial charge in [0.25, 0.3) is 0 Å². The van der Waals surface area contributed by atoms with Crippen LogP contribution in [0.3, 0.4) is 0 Å². The number of nitrogens with zero attached hydrogens (tertiary/aromatic N) is 1. The molecule has 0 atom stereocenters. The van der Waals surface area contributed by atoms with E-state index in [1.165, 1.54) is 24.8 Å². The average molecular weight is 288 g/mol. The first-order valence-corrected chi connectivity index (χ1v) is 8.16. The maximum absolute atomic E-state index is 12.3. The van der Waals surface area contributed by atoms with E-state index >= 15 is 0 Å². The molecule has 2 rings (SSSR count). The molecule has 1 aromatic carbocycles. The smallest absolute Gasteiger partial charge is 0.317 e. The first kappa shape index (κ1) is 15.9. The molecule has 0 spiro atoms. The highest BCUT2D eigenvalue weighted by molar-refractivity contribution is 5.74. The van der Waals surface area contributed by atoms with Crippen LogP contribution in [0, 0.1) is 5.92 Å². The second-order valence-corrected chi connectivity index (χ2v) is 6.59. The van der Waals surface area contributed by atoms with Gasteiger partial charge in [0.15, 0.2) is 0 Å². The van der Waals surface area contributed by atoms with Gasteiger partial charge in [-0.2, -0.15) is 0 Å². The van der Waals surface area contributed by atoms with E-state index in [9.17, 15) is 4.79 Å². The number of hydrogen-bond donors (Lipinski definition) is 1. The lowest BCUT2D eigenvalue weighted by Gasteiger charge is -2.43. The van der Waals surface area contributed by atoms with Crippen LogP contribution >= 0.6 is 0 Å². The summed E-state index contributed by atoms with van der Waals surface area (Å²) >= 11 is 0. The summed E-state index contributed by atoms with van der Waals surface area (Å²) in [4.78, 5) is 14.2. The van der Waals surface area contributed by atoms with Crippen LogP contribution in [0.1, 0.15) is 45.6 Å². The number of benzene rings is 1. The summed E-state index contributed by atoms with van der Waals surface area (Å²) in [5.41, 5.74) is 1.53. The monoisotopic (exact) mass is 288 g/mol. The fraction of sp³-hybridized carbons (Fsp3) is 0.611. The molecular formula is C18H28N2O. The second-order valence-electron chi connectivity index (χ2n) is 6.59. The first-order valence-electron chi connectivity index (χ1n) is 8.16. The van der Waals surface area contributed by atoms with Gasteiger partial charge >= 0.3 is 6.03 Å². The Bertz CT molecular complexity index is 452. The molecule has 0 aromatic heterocycles. The Labute approximate surface area is 128 Å². The standard InChI is InChI=1S/C18H28N2O/c1-4-20(13-15(2)3)17(21)19-14-18(11-8-12-18)16-9-6-5-7-10-16/h5-7,9-10,15H,4,8,11-14H2,1-3H3,(H,19,21). The molecule has 3 heteroatoms. The summed E-state index contributed by atoms with van der Waals surface area (Å²) < 4.78 is 0. The van der Waals surface area contributed by atoms with Crippen molar-refractivity contribution in [2.24, 2.45) is 5.92 Å². The van der Waals surface area contributed by atoms with Gasteiger partial charge in [0.2, 0.25) is 0 Å². The zero-order valence-electron chi connectivity index (χ0n) is 13.6. The van der Waals surface area contributed by atoms with Crippen molar-refractivity contribution in [1.29, 1.82) is 0 Å². The van der Waals surface area contributed by atoms with E-state index in [0.717, 1.165) is 19.6 Å². The topological polar surface area (TPSA) is 32.3 Å². The largest absolute Gasteiger partial charge is 0.337 e. The van der Waals surface area contributed by atoms with Gasteiger partial charge in [0.1, 0.15) is 0 Å². The van der Waals surface area contributed by atoms with E-state index in [4.69, 9.17) is 0 Å². The van der Waals surface area contributed by atoms with E-state index in [2.05, 4.69) is 49.5 Å². The van der Waals surface area contributed by atoms with Crippen molar-refractivity contribution in [3.05, 3.63) is 35.9 Å². The van der Waals surface area contributed by atoms with Gasteiger partial charge in [-0.15, -0.1) is 0 Å². The maximum atomic E-state index is 12.3. The molecule has 0 bridgehead atoms. The molecule has 0 heterocycles. The lowest BCUT2D eigenvalue weighted by molar-refractivity contribution is 0.180. The van der Waals surface area contributed by atoms with E-state index in [0.29, 0.717) is 5.92 Å². The van der Waals surface area contributed by atoms with Gasteiger partial charge < -0.3 is 10.2 Å². The van der Waals surface area contributed by atoms with Gasteiger partial charge in [0, 0.05) is 25.0 Å². The van der Waals surface area contributed by atoms with Crippen molar-refractivity contribution in [2.75, 3.05) is 19.6 Å². The molecule has 3 nitrogen and oxygen atoms in total. The Kier molecular flexibility index (Phi) is 5.27. The summed E-state index contributed by atoms with van der Waals surface area (Å²) in [6, 6.07) is 10.7. The highest BCUT2D eigenvalue weighted by Crippen LogP contribution is 2.43. The number of rotatable bonds is 6. The van der Waals surface area contributed by atoms with Crippen LogP contribution in [-0.4, -0.2) is 30.6 Å². The third-order valence-corrected chi connectivity index (χ3v) is 4.53. The Morgan fingerprint density at radius 3 is 2.43 bits per heavy atom. The number of hydrogen-bond acceptors (Lipinski definition) is 1. The van der Waals surface area contributed by atoms with Crippen LogP contribution in [0.2, 0.25) is 0 Å². The maximum Gasteiger partial charge on any atom is 0.317 e. The van der Waals surface area contributed by atoms with Crippen molar-refractivity contribution in [2.45, 2.75) is 45.4 Å². The normalized spacial score (nSPS) is 16.4. The molecule has 116 valence electrons. The van der Waals surface area contributed by atoms with Gasteiger partial charge in [-0.1, -0.05) is 50.6 Å². The van der Waals surface area contributed by atoms with Crippen molar-refractivity contribution in [3.63, 3.8) is 0 Å². The number of urea groups is 1. The van der Waals surface area contributed by atoms with E-state index in [1.807, 2.05) is 11.8 Å². The van der Waals surface area contributed by atoms with Crippen molar-refractivity contribution >= 4 is 6.03 Å². The fourth-order valence-corrected chi connectivity index (χ4v) is 3.12. The third kappa shape index (κ3) is 3.78. The molecule has 0 radical (unpaired) electrons. The molecule has 1 aliphatic carbocycles. The predicted octanol–water partition coefficient (Wildman–Crippen LogP) is 3.80. The third-order valence-electron chi connectivity index (χ3n) is 4.53. The van der Waals surface area contributed by atoms with Crippen molar-refractivity contribution in [1.82, 2.24) is 10.2 Å². The summed E-state index contributed by atoms with van der Waals surface area (Å²) in [5, 5.41) is 3.17. The lowest BCUT2D eigenvalue weighted by Crippen LogP contribution is -2.50. The molecule has 1 N–H and O–H groups in total. The predicted molar refractivity (Wildman–Crippen MR) is 87.5 cm³/mol. The Balaban J connectivity index is 1.96. The quantitative estimate of drug-likeness (QED) is 0.848. The van der Waals surface area contributed by atoms with Crippen LogP contribution in [0.25, 0.3) is 0 Å². The van der Waals surface area contributed by atoms with Crippen LogP contribution < -0.4 is 5.32 Å². The molecular weight excluding hydrogens is 260 g/mol. The first-order chi connectivity index (χ1) is 10.1. The van der Waals surface area contributed by atoms with Crippen LogP contribution in [0.15, 0.2) is 30.3 Å². The second kappa shape index (κ2) is 6.97. The van der Waals surface area contributed by atoms with Gasteiger partial charge in [-0.25, -0.2) is 4.79 Å². The molecule has 1 aliphatic rings. The molecule has 0 aliphatic heterocycles. The van der Waals surface area contributed by atoms with Gasteiger partial charge in [-0.05, 0) is 31.2 Å².